The number of rotatable bonds is 30. The number of hydrogen-bond donors (Lipinski definition) is 3. The normalized spacial score (nSPS) is 13.6. The van der Waals surface area contributed by atoms with Crippen LogP contribution in [0.15, 0.2) is 0 Å². The Kier molecular flexibility index (Phi) is 27.4. The van der Waals surface area contributed by atoms with Gasteiger partial charge in [0.05, 0.1) is 6.61 Å². The van der Waals surface area contributed by atoms with Gasteiger partial charge in [0.15, 0.2) is 6.23 Å². The van der Waals surface area contributed by atoms with E-state index in [0.717, 1.165) is 38.5 Å². The molecule has 0 rings (SSSR count). The predicted octanol–water partition coefficient (Wildman–Crippen LogP) is 6.88. The first kappa shape index (κ1) is 39.0. The van der Waals surface area contributed by atoms with Gasteiger partial charge in [-0.1, -0.05) is 117 Å². The summed E-state index contributed by atoms with van der Waals surface area (Å²) >= 11 is 0. The number of ether oxygens (including phenoxy) is 2. The summed E-state index contributed by atoms with van der Waals surface area (Å²) in [6.07, 6.45) is 20.1. The summed E-state index contributed by atoms with van der Waals surface area (Å²) in [5, 5.41) is 2.76. The summed E-state index contributed by atoms with van der Waals surface area (Å²) in [7, 11) is -4.35. The van der Waals surface area contributed by atoms with Crippen molar-refractivity contribution in [3.8, 4) is 0 Å². The van der Waals surface area contributed by atoms with Gasteiger partial charge >= 0.3 is 19.8 Å². The van der Waals surface area contributed by atoms with Gasteiger partial charge in [-0.15, -0.1) is 0 Å². The summed E-state index contributed by atoms with van der Waals surface area (Å²) in [6.45, 7) is 3.66. The molecular weight excluding hydrogens is 535 g/mol. The molecule has 0 aromatic carbocycles. The largest absolute Gasteiger partial charge is 0.472 e. The molecule has 2 atom stereocenters. The number of esters is 2. The van der Waals surface area contributed by atoms with Gasteiger partial charge in [0.1, 0.15) is 13.3 Å². The molecule has 0 aliphatic carbocycles. The van der Waals surface area contributed by atoms with Crippen LogP contribution in [0.3, 0.4) is 0 Å². The molecule has 0 amide bonds. The van der Waals surface area contributed by atoms with Crippen LogP contribution in [0.1, 0.15) is 142 Å². The monoisotopic (exact) mass is 594 g/mol. The fourth-order valence-electron chi connectivity index (χ4n) is 4.17. The molecule has 0 aliphatic heterocycles. The highest BCUT2D eigenvalue weighted by atomic mass is 31.2. The van der Waals surface area contributed by atoms with Crippen molar-refractivity contribution in [3.63, 3.8) is 0 Å². The molecule has 1 unspecified atom stereocenters. The molecule has 0 fully saturated rings. The van der Waals surface area contributed by atoms with Crippen molar-refractivity contribution >= 4 is 19.8 Å². The fourth-order valence-corrected chi connectivity index (χ4v) is 4.90. The van der Waals surface area contributed by atoms with E-state index in [-0.39, 0.29) is 32.3 Å². The van der Waals surface area contributed by atoms with Crippen LogP contribution in [-0.4, -0.2) is 49.5 Å². The molecule has 11 heteroatoms. The Balaban J connectivity index is 4.29. The van der Waals surface area contributed by atoms with Crippen molar-refractivity contribution in [2.45, 2.75) is 148 Å². The van der Waals surface area contributed by atoms with Gasteiger partial charge < -0.3 is 20.1 Å². The minimum atomic E-state index is -4.35. The Morgan fingerprint density at radius 3 is 1.65 bits per heavy atom. The maximum Gasteiger partial charge on any atom is 0.472 e. The second-order valence-corrected chi connectivity index (χ2v) is 11.8. The number of carbonyl (C=O) groups is 2. The fraction of sp³-hybridized carbons (Fsp3) is 0.931. The Morgan fingerprint density at radius 2 is 1.18 bits per heavy atom. The number of carbonyl (C=O) groups excluding carboxylic acids is 2. The maximum atomic E-state index is 12.4. The zero-order chi connectivity index (χ0) is 29.7. The van der Waals surface area contributed by atoms with Crippen LogP contribution in [0.5, 0.6) is 0 Å². The number of nitrogens with one attached hydrogen (secondary N) is 1. The Labute approximate surface area is 243 Å². The van der Waals surface area contributed by atoms with Crippen LogP contribution in [0, 0.1) is 0 Å². The zero-order valence-corrected chi connectivity index (χ0v) is 26.3. The molecule has 0 radical (unpaired) electrons. The quantitative estimate of drug-likeness (QED) is 0.0348. The summed E-state index contributed by atoms with van der Waals surface area (Å²) in [5.74, 6) is -0.809. The van der Waals surface area contributed by atoms with Crippen molar-refractivity contribution in [2.24, 2.45) is 5.73 Å². The van der Waals surface area contributed by atoms with Crippen molar-refractivity contribution in [2.75, 3.05) is 26.5 Å². The van der Waals surface area contributed by atoms with E-state index in [4.69, 9.17) is 24.3 Å². The molecule has 0 heterocycles. The topological polar surface area (TPSA) is 146 Å². The highest BCUT2D eigenvalue weighted by Crippen LogP contribution is 2.42. The molecule has 0 saturated carbocycles. The zero-order valence-electron chi connectivity index (χ0n) is 25.4. The van der Waals surface area contributed by atoms with E-state index in [1.165, 1.54) is 70.6 Å². The Hall–Kier alpha value is -1.03. The summed E-state index contributed by atoms with van der Waals surface area (Å²) < 4.78 is 32.2. The molecule has 0 aromatic rings. The van der Waals surface area contributed by atoms with Crippen molar-refractivity contribution < 1.29 is 37.6 Å². The first-order valence-electron chi connectivity index (χ1n) is 15.7. The molecule has 40 heavy (non-hydrogen) atoms. The number of hydrogen-bond acceptors (Lipinski definition) is 9. The van der Waals surface area contributed by atoms with Gasteiger partial charge in [-0.25, -0.2) is 9.88 Å². The second-order valence-electron chi connectivity index (χ2n) is 10.4. The lowest BCUT2D eigenvalue weighted by atomic mass is 10.1. The van der Waals surface area contributed by atoms with E-state index >= 15 is 0 Å². The Morgan fingerprint density at radius 1 is 0.725 bits per heavy atom. The lowest BCUT2D eigenvalue weighted by molar-refractivity contribution is -0.156. The van der Waals surface area contributed by atoms with E-state index in [2.05, 4.69) is 19.2 Å². The second kappa shape index (κ2) is 28.1. The number of phosphoric ester groups is 1. The molecule has 0 saturated heterocycles. The minimum absolute atomic E-state index is 0.0538. The first-order chi connectivity index (χ1) is 19.3. The number of nitrogens with two attached hydrogens (primary N) is 1. The summed E-state index contributed by atoms with van der Waals surface area (Å²) in [6, 6.07) is 0. The molecule has 0 spiro atoms. The molecule has 10 nitrogen and oxygen atoms in total. The average Bonchev–Trinajstić information content (AvgIpc) is 2.93. The molecule has 238 valence electrons. The highest BCUT2D eigenvalue weighted by molar-refractivity contribution is 7.47. The van der Waals surface area contributed by atoms with E-state index in [0.29, 0.717) is 12.8 Å². The first-order valence-corrected chi connectivity index (χ1v) is 17.2. The summed E-state index contributed by atoms with van der Waals surface area (Å²) in [4.78, 5) is 34.2. The number of unbranched alkanes of at least 4 members (excludes halogenated alkanes) is 16. The molecule has 0 aliphatic rings. The van der Waals surface area contributed by atoms with Crippen molar-refractivity contribution in [1.82, 2.24) is 5.32 Å². The third kappa shape index (κ3) is 27.2. The van der Waals surface area contributed by atoms with Crippen molar-refractivity contribution in [1.29, 1.82) is 0 Å². The SMILES string of the molecule is CCCCCCCCCCCC(=O)OCN[C@H](COP(=O)(O)OCCN)OC(=O)CCCCCCCCCCC. The highest BCUT2D eigenvalue weighted by Gasteiger charge is 2.25. The lowest BCUT2D eigenvalue weighted by Crippen LogP contribution is -2.39. The van der Waals surface area contributed by atoms with E-state index in [1.807, 2.05) is 0 Å². The average molecular weight is 595 g/mol. The lowest BCUT2D eigenvalue weighted by Gasteiger charge is -2.20. The van der Waals surface area contributed by atoms with Crippen LogP contribution in [0.4, 0.5) is 0 Å². The van der Waals surface area contributed by atoms with Gasteiger partial charge in [-0.3, -0.25) is 18.6 Å². The molecule has 0 bridgehead atoms. The number of phosphoric acid groups is 1. The van der Waals surface area contributed by atoms with E-state index < -0.39 is 26.6 Å². The van der Waals surface area contributed by atoms with Gasteiger partial charge in [-0.2, -0.15) is 0 Å². The van der Waals surface area contributed by atoms with Gasteiger partial charge in [0.25, 0.3) is 0 Å². The third-order valence-electron chi connectivity index (χ3n) is 6.55. The van der Waals surface area contributed by atoms with Crippen LogP contribution in [0.2, 0.25) is 0 Å². The van der Waals surface area contributed by atoms with Crippen LogP contribution < -0.4 is 11.1 Å². The van der Waals surface area contributed by atoms with Crippen LogP contribution in [0.25, 0.3) is 0 Å². The van der Waals surface area contributed by atoms with Crippen LogP contribution in [-0.2, 0) is 32.7 Å². The smallest absolute Gasteiger partial charge is 0.450 e. The van der Waals surface area contributed by atoms with Gasteiger partial charge in [-0.05, 0) is 12.8 Å². The Bertz CT molecular complexity index is 654. The van der Waals surface area contributed by atoms with Gasteiger partial charge in [0.2, 0.25) is 0 Å². The third-order valence-corrected chi connectivity index (χ3v) is 7.53. The predicted molar refractivity (Wildman–Crippen MR) is 158 cm³/mol. The standard InChI is InChI=1S/C29H59N2O8P/c1-3-5-7-9-11-13-15-17-19-21-28(32)36-26-31-27(25-38-40(34,35)37-24-23-30)39-29(33)22-20-18-16-14-12-10-8-6-4-2/h27,31H,3-26,30H2,1-2H3,(H,34,35)/t27-/m0/s1. The molecular formula is C29H59N2O8P. The summed E-state index contributed by atoms with van der Waals surface area (Å²) in [5.41, 5.74) is 5.29. The maximum absolute atomic E-state index is 12.4. The molecule has 4 N–H and O–H groups in total. The van der Waals surface area contributed by atoms with Gasteiger partial charge in [0, 0.05) is 19.4 Å². The van der Waals surface area contributed by atoms with E-state index in [1.54, 1.807) is 0 Å². The minimum Gasteiger partial charge on any atom is -0.450 e. The van der Waals surface area contributed by atoms with E-state index in [9.17, 15) is 19.0 Å². The molecule has 0 aromatic heterocycles. The van der Waals surface area contributed by atoms with Crippen molar-refractivity contribution in [3.05, 3.63) is 0 Å². The van der Waals surface area contributed by atoms with Crippen LogP contribution >= 0.6 is 7.82 Å².